The van der Waals surface area contributed by atoms with Gasteiger partial charge in [0.1, 0.15) is 11.9 Å². The molecule has 0 aromatic heterocycles. The molecule has 2 aromatic carbocycles. The number of nitrogens with two attached hydrogens (primary N) is 1. The first kappa shape index (κ1) is 12.5. The number of benzene rings is 2. The molecule has 0 aliphatic carbocycles. The molecule has 0 fully saturated rings. The molecule has 2 N–H and O–H groups in total. The Kier molecular flexibility index (Phi) is 3.85. The van der Waals surface area contributed by atoms with E-state index in [9.17, 15) is 0 Å². The predicted octanol–water partition coefficient (Wildman–Crippen LogP) is 3.01. The van der Waals surface area contributed by atoms with Crippen molar-refractivity contribution in [3.63, 3.8) is 0 Å². The van der Waals surface area contributed by atoms with Gasteiger partial charge < -0.3 is 15.2 Å². The SMILES string of the molecule is COc1ccc(C(OC)c2ccccc2)c(N)c1. The van der Waals surface area contributed by atoms with Crippen LogP contribution in [0, 0.1) is 0 Å². The van der Waals surface area contributed by atoms with Crippen molar-refractivity contribution >= 4 is 5.69 Å². The number of rotatable bonds is 4. The van der Waals surface area contributed by atoms with Crippen molar-refractivity contribution in [3.05, 3.63) is 59.7 Å². The lowest BCUT2D eigenvalue weighted by atomic mass is 10.00. The van der Waals surface area contributed by atoms with Crippen molar-refractivity contribution < 1.29 is 9.47 Å². The molecule has 94 valence electrons. The summed E-state index contributed by atoms with van der Waals surface area (Å²) in [5.74, 6) is 0.749. The molecule has 2 aromatic rings. The summed E-state index contributed by atoms with van der Waals surface area (Å²) in [7, 11) is 3.31. The monoisotopic (exact) mass is 243 g/mol. The Labute approximate surface area is 107 Å². The fourth-order valence-electron chi connectivity index (χ4n) is 1.99. The maximum absolute atomic E-state index is 6.05. The highest BCUT2D eigenvalue weighted by Crippen LogP contribution is 2.31. The summed E-state index contributed by atoms with van der Waals surface area (Å²) < 4.78 is 10.7. The Balaban J connectivity index is 2.39. The van der Waals surface area contributed by atoms with Crippen LogP contribution in [0.3, 0.4) is 0 Å². The van der Waals surface area contributed by atoms with E-state index in [2.05, 4.69) is 0 Å². The Bertz CT molecular complexity index is 511. The maximum atomic E-state index is 6.05. The average molecular weight is 243 g/mol. The van der Waals surface area contributed by atoms with Gasteiger partial charge in [-0.15, -0.1) is 0 Å². The van der Waals surface area contributed by atoms with Gasteiger partial charge in [0.2, 0.25) is 0 Å². The van der Waals surface area contributed by atoms with Crippen LogP contribution in [0.15, 0.2) is 48.5 Å². The third-order valence-corrected chi connectivity index (χ3v) is 2.91. The molecule has 1 atom stereocenters. The molecule has 0 radical (unpaired) electrons. The lowest BCUT2D eigenvalue weighted by Gasteiger charge is -2.18. The van der Waals surface area contributed by atoms with E-state index < -0.39 is 0 Å². The summed E-state index contributed by atoms with van der Waals surface area (Å²) in [5, 5.41) is 0. The molecule has 0 saturated carbocycles. The summed E-state index contributed by atoms with van der Waals surface area (Å²) in [6.45, 7) is 0. The van der Waals surface area contributed by atoms with Gasteiger partial charge in [-0.25, -0.2) is 0 Å². The van der Waals surface area contributed by atoms with E-state index in [1.807, 2.05) is 48.5 Å². The van der Waals surface area contributed by atoms with Gasteiger partial charge >= 0.3 is 0 Å². The van der Waals surface area contributed by atoms with E-state index in [0.29, 0.717) is 5.69 Å². The minimum absolute atomic E-state index is 0.155. The van der Waals surface area contributed by atoms with E-state index in [-0.39, 0.29) is 6.10 Å². The second kappa shape index (κ2) is 5.56. The van der Waals surface area contributed by atoms with Gasteiger partial charge in [0.05, 0.1) is 7.11 Å². The molecular weight excluding hydrogens is 226 g/mol. The van der Waals surface area contributed by atoms with Crippen molar-refractivity contribution in [1.82, 2.24) is 0 Å². The van der Waals surface area contributed by atoms with E-state index in [1.165, 1.54) is 0 Å². The number of hydrogen-bond donors (Lipinski definition) is 1. The molecular formula is C15H17NO2. The van der Waals surface area contributed by atoms with Crippen LogP contribution in [0.2, 0.25) is 0 Å². The highest BCUT2D eigenvalue weighted by molar-refractivity contribution is 5.54. The number of anilines is 1. The van der Waals surface area contributed by atoms with Gasteiger partial charge in [-0.05, 0) is 11.6 Å². The van der Waals surface area contributed by atoms with E-state index >= 15 is 0 Å². The Morgan fingerprint density at radius 2 is 1.72 bits per heavy atom. The zero-order valence-corrected chi connectivity index (χ0v) is 10.6. The molecule has 0 bridgehead atoms. The Hall–Kier alpha value is -2.00. The highest BCUT2D eigenvalue weighted by atomic mass is 16.5. The molecule has 0 amide bonds. The highest BCUT2D eigenvalue weighted by Gasteiger charge is 2.16. The molecule has 0 aliphatic rings. The quantitative estimate of drug-likeness (QED) is 0.839. The van der Waals surface area contributed by atoms with Gasteiger partial charge in [0.15, 0.2) is 0 Å². The van der Waals surface area contributed by atoms with Crippen molar-refractivity contribution in [2.45, 2.75) is 6.10 Å². The Morgan fingerprint density at radius 1 is 1.00 bits per heavy atom. The first-order valence-electron chi connectivity index (χ1n) is 5.77. The van der Waals surface area contributed by atoms with Gasteiger partial charge in [-0.2, -0.15) is 0 Å². The van der Waals surface area contributed by atoms with Crippen molar-refractivity contribution in [1.29, 1.82) is 0 Å². The minimum Gasteiger partial charge on any atom is -0.497 e. The molecule has 0 saturated heterocycles. The lowest BCUT2D eigenvalue weighted by Crippen LogP contribution is -2.06. The summed E-state index contributed by atoms with van der Waals surface area (Å²) in [4.78, 5) is 0. The molecule has 0 heterocycles. The number of nitrogen functional groups attached to an aromatic ring is 1. The molecule has 1 unspecified atom stereocenters. The molecule has 0 aliphatic heterocycles. The summed E-state index contributed by atoms with van der Waals surface area (Å²) in [6.07, 6.45) is -0.155. The van der Waals surface area contributed by atoms with E-state index in [4.69, 9.17) is 15.2 Å². The van der Waals surface area contributed by atoms with Gasteiger partial charge in [-0.3, -0.25) is 0 Å². The van der Waals surface area contributed by atoms with Crippen molar-refractivity contribution in [2.24, 2.45) is 0 Å². The molecule has 18 heavy (non-hydrogen) atoms. The van der Waals surface area contributed by atoms with Gasteiger partial charge in [-0.1, -0.05) is 36.4 Å². The van der Waals surface area contributed by atoms with Gasteiger partial charge in [0.25, 0.3) is 0 Å². The predicted molar refractivity (Wildman–Crippen MR) is 72.7 cm³/mol. The van der Waals surface area contributed by atoms with Crippen molar-refractivity contribution in [3.8, 4) is 5.75 Å². The standard InChI is InChI=1S/C15H17NO2/c1-17-12-8-9-13(14(16)10-12)15(18-2)11-6-4-3-5-7-11/h3-10,15H,16H2,1-2H3. The van der Waals surface area contributed by atoms with Gasteiger partial charge in [0, 0.05) is 24.4 Å². The minimum atomic E-state index is -0.155. The smallest absolute Gasteiger partial charge is 0.120 e. The molecule has 2 rings (SSSR count). The lowest BCUT2D eigenvalue weighted by molar-refractivity contribution is 0.137. The topological polar surface area (TPSA) is 44.5 Å². The second-order valence-corrected chi connectivity index (χ2v) is 4.02. The number of hydrogen-bond acceptors (Lipinski definition) is 3. The zero-order chi connectivity index (χ0) is 13.0. The Morgan fingerprint density at radius 3 is 2.28 bits per heavy atom. The van der Waals surface area contributed by atoms with E-state index in [1.54, 1.807) is 14.2 Å². The van der Waals surface area contributed by atoms with Crippen LogP contribution in [0.25, 0.3) is 0 Å². The summed E-state index contributed by atoms with van der Waals surface area (Å²) in [6, 6.07) is 15.6. The van der Waals surface area contributed by atoms with Crippen LogP contribution in [-0.2, 0) is 4.74 Å². The fraction of sp³-hybridized carbons (Fsp3) is 0.200. The molecule has 3 nitrogen and oxygen atoms in total. The van der Waals surface area contributed by atoms with Crippen LogP contribution in [-0.4, -0.2) is 14.2 Å². The fourth-order valence-corrected chi connectivity index (χ4v) is 1.99. The van der Waals surface area contributed by atoms with Crippen molar-refractivity contribution in [2.75, 3.05) is 20.0 Å². The maximum Gasteiger partial charge on any atom is 0.120 e. The largest absolute Gasteiger partial charge is 0.497 e. The van der Waals surface area contributed by atoms with E-state index in [0.717, 1.165) is 16.9 Å². The third-order valence-electron chi connectivity index (χ3n) is 2.91. The average Bonchev–Trinajstić information content (AvgIpc) is 2.42. The van der Waals surface area contributed by atoms with Crippen LogP contribution >= 0.6 is 0 Å². The molecule has 3 heteroatoms. The first-order chi connectivity index (χ1) is 8.76. The van der Waals surface area contributed by atoms with Crippen LogP contribution in [0.1, 0.15) is 17.2 Å². The number of ether oxygens (including phenoxy) is 2. The van der Waals surface area contributed by atoms with Crippen LogP contribution in [0.4, 0.5) is 5.69 Å². The number of methoxy groups -OCH3 is 2. The molecule has 0 spiro atoms. The zero-order valence-electron chi connectivity index (χ0n) is 10.6. The third kappa shape index (κ3) is 2.46. The normalized spacial score (nSPS) is 12.1. The summed E-state index contributed by atoms with van der Waals surface area (Å²) >= 11 is 0. The van der Waals surface area contributed by atoms with Crippen LogP contribution < -0.4 is 10.5 Å². The van der Waals surface area contributed by atoms with Crippen LogP contribution in [0.5, 0.6) is 5.75 Å². The second-order valence-electron chi connectivity index (χ2n) is 4.02. The summed E-state index contributed by atoms with van der Waals surface area (Å²) in [5.41, 5.74) is 8.75. The first-order valence-corrected chi connectivity index (χ1v) is 5.77.